The van der Waals surface area contributed by atoms with Crippen LogP contribution >= 0.6 is 11.6 Å². The van der Waals surface area contributed by atoms with Crippen LogP contribution in [0.15, 0.2) is 42.5 Å². The van der Waals surface area contributed by atoms with E-state index in [4.69, 9.17) is 16.3 Å². The summed E-state index contributed by atoms with van der Waals surface area (Å²) >= 11 is 6.26. The first-order valence-corrected chi connectivity index (χ1v) is 9.68. The molecule has 4 nitrogen and oxygen atoms in total. The summed E-state index contributed by atoms with van der Waals surface area (Å²) in [4.78, 5) is 17.3. The molecule has 1 amide bonds. The van der Waals surface area contributed by atoms with Crippen LogP contribution in [0.2, 0.25) is 5.15 Å². The van der Waals surface area contributed by atoms with E-state index in [0.29, 0.717) is 12.0 Å². The van der Waals surface area contributed by atoms with Gasteiger partial charge in [0.25, 0.3) is 5.91 Å². The number of ether oxygens (including phenoxy) is 1. The SMILES string of the molecule is C=C(C)CC(C)(COc1ccccc1F)NC(=O)c1cc2c(nc1Cl)CCC2. The van der Waals surface area contributed by atoms with Crippen molar-refractivity contribution in [3.8, 4) is 5.75 Å². The minimum atomic E-state index is -0.784. The van der Waals surface area contributed by atoms with Crippen LogP contribution in [0.5, 0.6) is 5.75 Å². The zero-order valence-electron chi connectivity index (χ0n) is 16.1. The van der Waals surface area contributed by atoms with Crippen LogP contribution in [-0.2, 0) is 12.8 Å². The molecule has 1 atom stereocenters. The number of carbonyl (C=O) groups excluding carboxylic acids is 1. The van der Waals surface area contributed by atoms with E-state index in [1.54, 1.807) is 18.2 Å². The molecule has 1 aliphatic carbocycles. The lowest BCUT2D eigenvalue weighted by atomic mass is 9.94. The Labute approximate surface area is 169 Å². The van der Waals surface area contributed by atoms with Gasteiger partial charge in [0.15, 0.2) is 11.6 Å². The lowest BCUT2D eigenvalue weighted by molar-refractivity contribution is 0.0864. The normalized spacial score (nSPS) is 14.9. The van der Waals surface area contributed by atoms with Crippen LogP contribution in [0.3, 0.4) is 0 Å². The van der Waals surface area contributed by atoms with E-state index in [1.807, 2.05) is 19.9 Å². The number of rotatable bonds is 7. The Bertz CT molecular complexity index is 915. The fourth-order valence-electron chi connectivity index (χ4n) is 3.54. The van der Waals surface area contributed by atoms with Gasteiger partial charge < -0.3 is 10.1 Å². The topological polar surface area (TPSA) is 51.2 Å². The summed E-state index contributed by atoms with van der Waals surface area (Å²) in [7, 11) is 0. The summed E-state index contributed by atoms with van der Waals surface area (Å²) < 4.78 is 19.5. The van der Waals surface area contributed by atoms with Crippen LogP contribution in [0.25, 0.3) is 0 Å². The number of amides is 1. The second-order valence-corrected chi connectivity index (χ2v) is 8.01. The highest BCUT2D eigenvalue weighted by Crippen LogP contribution is 2.26. The Morgan fingerprint density at radius 1 is 1.39 bits per heavy atom. The lowest BCUT2D eigenvalue weighted by Crippen LogP contribution is -2.50. The molecule has 0 radical (unpaired) electrons. The Balaban J connectivity index is 1.79. The number of fused-ring (bicyclic) bond motifs is 1. The van der Waals surface area contributed by atoms with E-state index >= 15 is 0 Å². The van der Waals surface area contributed by atoms with Crippen molar-refractivity contribution >= 4 is 17.5 Å². The number of nitrogens with zero attached hydrogens (tertiary/aromatic N) is 1. The standard InChI is InChI=1S/C22H24ClFN2O2/c1-14(2)12-22(3,13-28-19-10-5-4-8-17(19)24)26-21(27)16-11-15-7-6-9-18(15)25-20(16)23/h4-5,8,10-11H,1,6-7,9,12-13H2,2-3H3,(H,26,27). The van der Waals surface area contributed by atoms with Crippen molar-refractivity contribution in [3.05, 3.63) is 70.3 Å². The highest BCUT2D eigenvalue weighted by molar-refractivity contribution is 6.32. The average molecular weight is 403 g/mol. The van der Waals surface area contributed by atoms with Crippen molar-refractivity contribution in [1.29, 1.82) is 0 Å². The van der Waals surface area contributed by atoms with Crippen molar-refractivity contribution in [2.24, 2.45) is 0 Å². The first kappa shape index (κ1) is 20.3. The number of aryl methyl sites for hydroxylation is 2. The maximum absolute atomic E-state index is 13.9. The molecule has 148 valence electrons. The average Bonchev–Trinajstić information content (AvgIpc) is 3.06. The molecule has 0 bridgehead atoms. The monoisotopic (exact) mass is 402 g/mol. The number of para-hydroxylation sites is 1. The summed E-state index contributed by atoms with van der Waals surface area (Å²) in [5.74, 6) is -0.632. The van der Waals surface area contributed by atoms with E-state index < -0.39 is 11.4 Å². The number of nitrogens with one attached hydrogen (secondary N) is 1. The molecule has 0 saturated heterocycles. The Morgan fingerprint density at radius 2 is 2.14 bits per heavy atom. The van der Waals surface area contributed by atoms with Gasteiger partial charge in [-0.05, 0) is 63.3 Å². The van der Waals surface area contributed by atoms with E-state index in [0.717, 1.165) is 36.1 Å². The number of pyridine rings is 1. The van der Waals surface area contributed by atoms with Gasteiger partial charge in [-0.2, -0.15) is 0 Å². The molecule has 1 aliphatic rings. The van der Waals surface area contributed by atoms with Gasteiger partial charge in [-0.25, -0.2) is 9.37 Å². The second-order valence-electron chi connectivity index (χ2n) is 7.65. The quantitative estimate of drug-likeness (QED) is 0.529. The summed E-state index contributed by atoms with van der Waals surface area (Å²) in [6, 6.07) is 8.01. The van der Waals surface area contributed by atoms with Gasteiger partial charge in [0.2, 0.25) is 0 Å². The predicted molar refractivity (Wildman–Crippen MR) is 108 cm³/mol. The van der Waals surface area contributed by atoms with Crippen molar-refractivity contribution in [2.75, 3.05) is 6.61 Å². The Morgan fingerprint density at radius 3 is 2.86 bits per heavy atom. The molecule has 1 N–H and O–H groups in total. The molecule has 1 aromatic carbocycles. The van der Waals surface area contributed by atoms with Gasteiger partial charge in [0, 0.05) is 5.69 Å². The Hall–Kier alpha value is -2.40. The maximum atomic E-state index is 13.9. The van der Waals surface area contributed by atoms with Gasteiger partial charge in [0.1, 0.15) is 11.8 Å². The minimum Gasteiger partial charge on any atom is -0.488 e. The molecule has 1 unspecified atom stereocenters. The highest BCUT2D eigenvalue weighted by atomic mass is 35.5. The van der Waals surface area contributed by atoms with Gasteiger partial charge in [-0.15, -0.1) is 6.58 Å². The molecule has 0 fully saturated rings. The lowest BCUT2D eigenvalue weighted by Gasteiger charge is -2.31. The van der Waals surface area contributed by atoms with E-state index in [1.165, 1.54) is 6.07 Å². The van der Waals surface area contributed by atoms with Gasteiger partial charge in [-0.3, -0.25) is 4.79 Å². The maximum Gasteiger partial charge on any atom is 0.254 e. The molecular weight excluding hydrogens is 379 g/mol. The van der Waals surface area contributed by atoms with Crippen LogP contribution in [0.4, 0.5) is 4.39 Å². The first-order valence-electron chi connectivity index (χ1n) is 9.30. The van der Waals surface area contributed by atoms with Gasteiger partial charge >= 0.3 is 0 Å². The summed E-state index contributed by atoms with van der Waals surface area (Å²) in [6.07, 6.45) is 3.29. The third kappa shape index (κ3) is 4.71. The fraction of sp³-hybridized carbons (Fsp3) is 0.364. The summed E-state index contributed by atoms with van der Waals surface area (Å²) in [6.45, 7) is 7.74. The number of hydrogen-bond donors (Lipinski definition) is 1. The van der Waals surface area contributed by atoms with Gasteiger partial charge in [0.05, 0.1) is 11.1 Å². The largest absolute Gasteiger partial charge is 0.488 e. The molecule has 2 aromatic rings. The zero-order valence-corrected chi connectivity index (χ0v) is 16.9. The predicted octanol–water partition coefficient (Wildman–Crippen LogP) is 4.90. The fourth-order valence-corrected chi connectivity index (χ4v) is 3.79. The number of halogens is 2. The van der Waals surface area contributed by atoms with Gasteiger partial charge in [-0.1, -0.05) is 29.3 Å². The molecule has 28 heavy (non-hydrogen) atoms. The van der Waals surface area contributed by atoms with E-state index in [9.17, 15) is 9.18 Å². The molecule has 6 heteroatoms. The third-order valence-corrected chi connectivity index (χ3v) is 5.03. The molecule has 0 saturated carbocycles. The van der Waals surface area contributed by atoms with Crippen LogP contribution in [0.1, 0.15) is 48.3 Å². The number of aromatic nitrogens is 1. The first-order chi connectivity index (χ1) is 13.3. The van der Waals surface area contributed by atoms with Crippen molar-refractivity contribution in [1.82, 2.24) is 10.3 Å². The zero-order chi connectivity index (χ0) is 20.3. The minimum absolute atomic E-state index is 0.0858. The number of carbonyl (C=O) groups is 1. The van der Waals surface area contributed by atoms with Crippen molar-refractivity contribution < 1.29 is 13.9 Å². The molecular formula is C22H24ClFN2O2. The highest BCUT2D eigenvalue weighted by Gasteiger charge is 2.30. The summed E-state index contributed by atoms with van der Waals surface area (Å²) in [5.41, 5.74) is 2.47. The summed E-state index contributed by atoms with van der Waals surface area (Å²) in [5, 5.41) is 3.19. The molecule has 1 aromatic heterocycles. The molecule has 0 spiro atoms. The van der Waals surface area contributed by atoms with E-state index in [2.05, 4.69) is 16.9 Å². The molecule has 3 rings (SSSR count). The van der Waals surface area contributed by atoms with Crippen LogP contribution in [0, 0.1) is 5.82 Å². The van der Waals surface area contributed by atoms with Crippen LogP contribution < -0.4 is 10.1 Å². The Kier molecular flexibility index (Phi) is 6.04. The number of benzene rings is 1. The van der Waals surface area contributed by atoms with Crippen molar-refractivity contribution in [2.45, 2.75) is 45.1 Å². The third-order valence-electron chi connectivity index (χ3n) is 4.74. The number of hydrogen-bond acceptors (Lipinski definition) is 3. The molecule has 1 heterocycles. The second kappa shape index (κ2) is 8.31. The van der Waals surface area contributed by atoms with E-state index in [-0.39, 0.29) is 23.4 Å². The smallest absolute Gasteiger partial charge is 0.254 e. The van der Waals surface area contributed by atoms with Crippen LogP contribution in [-0.4, -0.2) is 23.0 Å². The molecule has 0 aliphatic heterocycles. The van der Waals surface area contributed by atoms with Crippen molar-refractivity contribution in [3.63, 3.8) is 0 Å².